The topological polar surface area (TPSA) is 64.4 Å². The number of fused-ring (bicyclic) bond motifs is 1. The number of nitrogens with one attached hydrogen (secondary N) is 1. The maximum atomic E-state index is 11.9. The van der Waals surface area contributed by atoms with Gasteiger partial charge in [-0.2, -0.15) is 0 Å². The maximum absolute atomic E-state index is 11.9. The summed E-state index contributed by atoms with van der Waals surface area (Å²) in [5, 5.41) is 3.36. The second-order valence-electron chi connectivity index (χ2n) is 4.84. The van der Waals surface area contributed by atoms with Gasteiger partial charge in [0.25, 0.3) is 0 Å². The van der Waals surface area contributed by atoms with Crippen molar-refractivity contribution in [2.24, 2.45) is 5.73 Å². The molecule has 1 atom stereocenters. The summed E-state index contributed by atoms with van der Waals surface area (Å²) in [6.45, 7) is 0.882. The van der Waals surface area contributed by atoms with Gasteiger partial charge in [0.15, 0.2) is 0 Å². The second kappa shape index (κ2) is 3.82. The fraction of sp³-hybridized carbons (Fsp3) is 0.462. The van der Waals surface area contributed by atoms with Gasteiger partial charge in [0.05, 0.1) is 13.2 Å². The van der Waals surface area contributed by atoms with Crippen molar-refractivity contribution in [2.45, 2.75) is 31.0 Å². The molecule has 0 bridgehead atoms. The van der Waals surface area contributed by atoms with Gasteiger partial charge >= 0.3 is 0 Å². The summed E-state index contributed by atoms with van der Waals surface area (Å²) in [5.74, 6) is -0.350. The van der Waals surface area contributed by atoms with Crippen molar-refractivity contribution in [1.29, 1.82) is 0 Å². The molecule has 1 saturated carbocycles. The number of hydrogen-bond donors (Lipinski definition) is 2. The van der Waals surface area contributed by atoms with Gasteiger partial charge in [0.2, 0.25) is 5.91 Å². The molecular weight excluding hydrogens is 216 g/mol. The fourth-order valence-electron chi connectivity index (χ4n) is 2.42. The number of carbonyl (C=O) groups is 1. The summed E-state index contributed by atoms with van der Waals surface area (Å²) in [7, 11) is 0. The third-order valence-corrected chi connectivity index (χ3v) is 3.50. The Kier molecular flexibility index (Phi) is 2.42. The molecule has 1 aromatic rings. The van der Waals surface area contributed by atoms with Crippen molar-refractivity contribution in [3.05, 3.63) is 35.4 Å². The van der Waals surface area contributed by atoms with Gasteiger partial charge in [-0.15, -0.1) is 0 Å². The van der Waals surface area contributed by atoms with Crippen LogP contribution in [0.25, 0.3) is 0 Å². The normalized spacial score (nSPS) is 27.5. The predicted molar refractivity (Wildman–Crippen MR) is 63.1 cm³/mol. The Labute approximate surface area is 100 Å². The average molecular weight is 232 g/mol. The number of amides is 1. The largest absolute Gasteiger partial charge is 0.374 e. The van der Waals surface area contributed by atoms with Crippen molar-refractivity contribution < 1.29 is 9.53 Å². The minimum absolute atomic E-state index is 0.329. The first kappa shape index (κ1) is 10.7. The van der Waals surface area contributed by atoms with Crippen molar-refractivity contribution >= 4 is 5.91 Å². The average Bonchev–Trinajstić information content (AvgIpc) is 3.13. The molecule has 3 rings (SSSR count). The van der Waals surface area contributed by atoms with E-state index < -0.39 is 5.54 Å². The molecule has 0 saturated heterocycles. The van der Waals surface area contributed by atoms with E-state index in [4.69, 9.17) is 10.5 Å². The van der Waals surface area contributed by atoms with Gasteiger partial charge in [0, 0.05) is 6.04 Å². The smallest absolute Gasteiger partial charge is 0.244 e. The lowest BCUT2D eigenvalue weighted by molar-refractivity contribution is -0.129. The summed E-state index contributed by atoms with van der Waals surface area (Å²) in [5.41, 5.74) is 6.80. The second-order valence-corrected chi connectivity index (χ2v) is 4.84. The van der Waals surface area contributed by atoms with E-state index in [0.717, 1.165) is 24.0 Å². The highest BCUT2D eigenvalue weighted by Gasteiger charge is 2.45. The van der Waals surface area contributed by atoms with Crippen LogP contribution in [0.4, 0.5) is 0 Å². The number of benzene rings is 1. The zero-order valence-electron chi connectivity index (χ0n) is 9.61. The lowest BCUT2D eigenvalue weighted by Gasteiger charge is -2.37. The molecule has 1 aliphatic heterocycles. The number of ether oxygens (including phenoxy) is 1. The molecule has 3 N–H and O–H groups in total. The van der Waals surface area contributed by atoms with Gasteiger partial charge < -0.3 is 10.5 Å². The molecule has 2 aliphatic rings. The Morgan fingerprint density at radius 3 is 2.88 bits per heavy atom. The molecule has 0 spiro atoms. The van der Waals surface area contributed by atoms with E-state index in [-0.39, 0.29) is 5.91 Å². The number of primary amides is 1. The number of carbonyl (C=O) groups excluding carboxylic acids is 1. The first-order valence-corrected chi connectivity index (χ1v) is 5.96. The van der Waals surface area contributed by atoms with Crippen molar-refractivity contribution in [2.75, 3.05) is 6.61 Å². The number of nitrogens with two attached hydrogens (primary N) is 1. The predicted octanol–water partition coefficient (Wildman–Crippen LogP) is 0.649. The molecule has 4 heteroatoms. The van der Waals surface area contributed by atoms with Crippen molar-refractivity contribution in [3.8, 4) is 0 Å². The Balaban J connectivity index is 2.06. The highest BCUT2D eigenvalue weighted by molar-refractivity contribution is 5.87. The molecule has 1 unspecified atom stereocenters. The molecule has 1 amide bonds. The molecule has 1 aromatic carbocycles. The van der Waals surface area contributed by atoms with Crippen LogP contribution in [0, 0.1) is 0 Å². The Bertz CT molecular complexity index is 456. The van der Waals surface area contributed by atoms with Crippen LogP contribution < -0.4 is 11.1 Å². The van der Waals surface area contributed by atoms with Crippen LogP contribution in [-0.4, -0.2) is 18.6 Å². The third kappa shape index (κ3) is 1.73. The molecule has 1 aliphatic carbocycles. The Morgan fingerprint density at radius 2 is 2.18 bits per heavy atom. The van der Waals surface area contributed by atoms with Gasteiger partial charge in [-0.05, 0) is 24.0 Å². The van der Waals surface area contributed by atoms with Crippen LogP contribution in [-0.2, 0) is 21.7 Å². The summed E-state index contributed by atoms with van der Waals surface area (Å²) in [6.07, 6.45) is 2.22. The number of hydrogen-bond acceptors (Lipinski definition) is 3. The first-order valence-electron chi connectivity index (χ1n) is 5.96. The highest BCUT2D eigenvalue weighted by Crippen LogP contribution is 2.34. The molecule has 0 radical (unpaired) electrons. The first-order chi connectivity index (χ1) is 8.22. The maximum Gasteiger partial charge on any atom is 0.244 e. The summed E-state index contributed by atoms with van der Waals surface area (Å²) < 4.78 is 5.54. The lowest BCUT2D eigenvalue weighted by Crippen LogP contribution is -2.58. The van der Waals surface area contributed by atoms with Gasteiger partial charge in [-0.25, -0.2) is 0 Å². The SMILES string of the molecule is NC(=O)C1(NC2CC2)COCc2ccccc21. The quantitative estimate of drug-likeness (QED) is 0.804. The standard InChI is InChI=1S/C13H16N2O2/c14-12(16)13(15-10-5-6-10)8-17-7-9-3-1-2-4-11(9)13/h1-4,10,15H,5-8H2,(H2,14,16). The van der Waals surface area contributed by atoms with Crippen LogP contribution in [0.5, 0.6) is 0 Å². The van der Waals surface area contributed by atoms with E-state index in [2.05, 4.69) is 5.32 Å². The zero-order valence-corrected chi connectivity index (χ0v) is 9.61. The minimum Gasteiger partial charge on any atom is -0.374 e. The summed E-state index contributed by atoms with van der Waals surface area (Å²) >= 11 is 0. The zero-order chi connectivity index (χ0) is 11.9. The van der Waals surface area contributed by atoms with Crippen molar-refractivity contribution in [3.63, 3.8) is 0 Å². The van der Waals surface area contributed by atoms with E-state index in [1.807, 2.05) is 24.3 Å². The van der Waals surface area contributed by atoms with E-state index in [9.17, 15) is 4.79 Å². The van der Waals surface area contributed by atoms with E-state index in [0.29, 0.717) is 19.3 Å². The van der Waals surface area contributed by atoms with Crippen LogP contribution >= 0.6 is 0 Å². The van der Waals surface area contributed by atoms with Crippen LogP contribution in [0.15, 0.2) is 24.3 Å². The van der Waals surface area contributed by atoms with Gasteiger partial charge in [-0.3, -0.25) is 10.1 Å². The van der Waals surface area contributed by atoms with Crippen molar-refractivity contribution in [1.82, 2.24) is 5.32 Å². The fourth-order valence-corrected chi connectivity index (χ4v) is 2.42. The molecule has 1 heterocycles. The van der Waals surface area contributed by atoms with E-state index in [1.165, 1.54) is 0 Å². The van der Waals surface area contributed by atoms with E-state index >= 15 is 0 Å². The Morgan fingerprint density at radius 1 is 1.41 bits per heavy atom. The van der Waals surface area contributed by atoms with E-state index in [1.54, 1.807) is 0 Å². The third-order valence-electron chi connectivity index (χ3n) is 3.50. The molecule has 0 aromatic heterocycles. The van der Waals surface area contributed by atoms with Gasteiger partial charge in [0.1, 0.15) is 5.54 Å². The summed E-state index contributed by atoms with van der Waals surface area (Å²) in [4.78, 5) is 11.9. The monoisotopic (exact) mass is 232 g/mol. The lowest BCUT2D eigenvalue weighted by atomic mass is 9.84. The molecule has 4 nitrogen and oxygen atoms in total. The highest BCUT2D eigenvalue weighted by atomic mass is 16.5. The number of rotatable bonds is 3. The summed E-state index contributed by atoms with van der Waals surface area (Å²) in [6, 6.07) is 8.25. The Hall–Kier alpha value is -1.39. The van der Waals surface area contributed by atoms with Crippen LogP contribution in [0.3, 0.4) is 0 Å². The molecular formula is C13H16N2O2. The van der Waals surface area contributed by atoms with Gasteiger partial charge in [-0.1, -0.05) is 24.3 Å². The minimum atomic E-state index is -0.837. The molecule has 17 heavy (non-hydrogen) atoms. The molecule has 1 fully saturated rings. The molecule has 90 valence electrons. The van der Waals surface area contributed by atoms with Crippen LogP contribution in [0.1, 0.15) is 24.0 Å². The van der Waals surface area contributed by atoms with Crippen LogP contribution in [0.2, 0.25) is 0 Å².